The van der Waals surface area contributed by atoms with Gasteiger partial charge in [-0.05, 0) is 20.0 Å². The molecule has 18 heavy (non-hydrogen) atoms. The van der Waals surface area contributed by atoms with E-state index in [9.17, 15) is 0 Å². The van der Waals surface area contributed by atoms with Gasteiger partial charge in [-0.3, -0.25) is 4.68 Å². The third-order valence-corrected chi connectivity index (χ3v) is 4.15. The second-order valence-corrected chi connectivity index (χ2v) is 5.54. The molecule has 5 nitrogen and oxygen atoms in total. The molecule has 2 fully saturated rings. The Morgan fingerprint density at radius 2 is 2.00 bits per heavy atom. The van der Waals surface area contributed by atoms with Crippen molar-refractivity contribution in [1.29, 1.82) is 0 Å². The maximum Gasteiger partial charge on any atom is 0.150 e. The van der Waals surface area contributed by atoms with Gasteiger partial charge in [-0.1, -0.05) is 0 Å². The monoisotopic (exact) mass is 249 g/mol. The number of rotatable bonds is 2. The first-order valence-electron chi connectivity index (χ1n) is 6.92. The van der Waals surface area contributed by atoms with Gasteiger partial charge in [0.1, 0.15) is 0 Å². The lowest BCUT2D eigenvalue weighted by molar-refractivity contribution is 0.409. The minimum Gasteiger partial charge on any atom is -0.353 e. The Morgan fingerprint density at radius 3 is 2.67 bits per heavy atom. The van der Waals surface area contributed by atoms with Crippen molar-refractivity contribution >= 4 is 5.82 Å². The quantitative estimate of drug-likeness (QED) is 0.815. The van der Waals surface area contributed by atoms with Crippen LogP contribution in [0.1, 0.15) is 18.0 Å². The third-order valence-electron chi connectivity index (χ3n) is 4.15. The molecule has 0 saturated carbocycles. The highest BCUT2D eigenvalue weighted by Crippen LogP contribution is 2.28. The molecule has 1 aromatic rings. The van der Waals surface area contributed by atoms with Crippen LogP contribution in [0.3, 0.4) is 0 Å². The second-order valence-electron chi connectivity index (χ2n) is 5.54. The number of hydrogen-bond donors (Lipinski definition) is 1. The zero-order valence-corrected chi connectivity index (χ0v) is 11.4. The summed E-state index contributed by atoms with van der Waals surface area (Å²) in [6.07, 6.45) is 1.26. The van der Waals surface area contributed by atoms with Crippen molar-refractivity contribution in [3.63, 3.8) is 0 Å². The number of piperazine rings is 1. The lowest BCUT2D eigenvalue weighted by Gasteiger charge is -2.27. The van der Waals surface area contributed by atoms with Gasteiger partial charge in [-0.2, -0.15) is 5.10 Å². The molecule has 1 atom stereocenters. The van der Waals surface area contributed by atoms with Crippen LogP contribution in [0.15, 0.2) is 6.07 Å². The fourth-order valence-electron chi connectivity index (χ4n) is 3.07. The summed E-state index contributed by atoms with van der Waals surface area (Å²) in [5.41, 5.74) is 1.40. The summed E-state index contributed by atoms with van der Waals surface area (Å²) in [6, 6.07) is 2.30. The molecule has 1 aromatic heterocycles. The van der Waals surface area contributed by atoms with Gasteiger partial charge in [0.15, 0.2) is 5.82 Å². The van der Waals surface area contributed by atoms with E-state index >= 15 is 0 Å². The van der Waals surface area contributed by atoms with Crippen molar-refractivity contribution in [2.75, 3.05) is 51.2 Å². The fraction of sp³-hybridized carbons (Fsp3) is 0.769. The molecular formula is C13H23N5. The number of aromatic nitrogens is 2. The predicted octanol–water partition coefficient (Wildman–Crippen LogP) is 0.249. The van der Waals surface area contributed by atoms with Crippen LogP contribution >= 0.6 is 0 Å². The minimum absolute atomic E-state index is 0.657. The summed E-state index contributed by atoms with van der Waals surface area (Å²) in [5.74, 6) is 1.81. The Bertz CT molecular complexity index is 408. The van der Waals surface area contributed by atoms with Crippen molar-refractivity contribution in [3.8, 4) is 0 Å². The Balaban J connectivity index is 1.77. The van der Waals surface area contributed by atoms with E-state index in [1.807, 2.05) is 0 Å². The first-order valence-corrected chi connectivity index (χ1v) is 6.92. The standard InChI is InChI=1S/C13H23N5/c1-16-6-3-11(10-16)12-9-13(15-17(12)2)18-7-4-14-5-8-18/h9,11,14H,3-8,10H2,1-2H3. The highest BCUT2D eigenvalue weighted by Gasteiger charge is 2.25. The van der Waals surface area contributed by atoms with Crippen LogP contribution in [0, 0.1) is 0 Å². The molecule has 0 bridgehead atoms. The number of likely N-dealkylation sites (tertiary alicyclic amines) is 1. The van der Waals surface area contributed by atoms with Crippen LogP contribution in [-0.2, 0) is 7.05 Å². The van der Waals surface area contributed by atoms with E-state index in [-0.39, 0.29) is 0 Å². The van der Waals surface area contributed by atoms with Gasteiger partial charge in [-0.15, -0.1) is 0 Å². The largest absolute Gasteiger partial charge is 0.353 e. The van der Waals surface area contributed by atoms with Crippen LogP contribution in [0.25, 0.3) is 0 Å². The van der Waals surface area contributed by atoms with Gasteiger partial charge in [-0.25, -0.2) is 0 Å². The minimum atomic E-state index is 0.657. The van der Waals surface area contributed by atoms with Crippen molar-refractivity contribution in [1.82, 2.24) is 20.0 Å². The summed E-state index contributed by atoms with van der Waals surface area (Å²) in [5, 5.41) is 8.08. The van der Waals surface area contributed by atoms with Crippen molar-refractivity contribution in [2.24, 2.45) is 7.05 Å². The molecule has 2 aliphatic heterocycles. The molecule has 1 N–H and O–H groups in total. The number of aryl methyl sites for hydroxylation is 1. The summed E-state index contributed by atoms with van der Waals surface area (Å²) in [7, 11) is 4.28. The van der Waals surface area contributed by atoms with Crippen LogP contribution < -0.4 is 10.2 Å². The molecule has 5 heteroatoms. The highest BCUT2D eigenvalue weighted by atomic mass is 15.4. The van der Waals surface area contributed by atoms with Crippen LogP contribution in [0.4, 0.5) is 5.82 Å². The normalized spacial score (nSPS) is 25.9. The Labute approximate surface area is 109 Å². The smallest absolute Gasteiger partial charge is 0.150 e. The second kappa shape index (κ2) is 4.90. The maximum atomic E-state index is 4.70. The third kappa shape index (κ3) is 2.24. The number of likely N-dealkylation sites (N-methyl/N-ethyl adjacent to an activating group) is 1. The molecule has 0 spiro atoms. The molecule has 0 aromatic carbocycles. The van der Waals surface area contributed by atoms with E-state index < -0.39 is 0 Å². The fourth-order valence-corrected chi connectivity index (χ4v) is 3.07. The van der Waals surface area contributed by atoms with Crippen molar-refractivity contribution < 1.29 is 0 Å². The molecule has 100 valence electrons. The van der Waals surface area contributed by atoms with Crippen molar-refractivity contribution in [2.45, 2.75) is 12.3 Å². The van der Waals surface area contributed by atoms with E-state index in [0.29, 0.717) is 5.92 Å². The predicted molar refractivity (Wildman–Crippen MR) is 73.1 cm³/mol. The van der Waals surface area contributed by atoms with Gasteiger partial charge in [0.2, 0.25) is 0 Å². The summed E-state index contributed by atoms with van der Waals surface area (Å²) >= 11 is 0. The van der Waals surface area contributed by atoms with Crippen molar-refractivity contribution in [3.05, 3.63) is 11.8 Å². The van der Waals surface area contributed by atoms with E-state index in [2.05, 4.69) is 40.0 Å². The van der Waals surface area contributed by atoms with Gasteiger partial charge < -0.3 is 15.1 Å². The Kier molecular flexibility index (Phi) is 3.26. The molecule has 2 saturated heterocycles. The number of hydrogen-bond acceptors (Lipinski definition) is 4. The van der Waals surface area contributed by atoms with Gasteiger partial charge in [0.25, 0.3) is 0 Å². The molecule has 3 heterocycles. The number of nitrogens with one attached hydrogen (secondary N) is 1. The Morgan fingerprint density at radius 1 is 1.22 bits per heavy atom. The summed E-state index contributed by atoms with van der Waals surface area (Å²) in [4.78, 5) is 4.79. The molecule has 0 aliphatic carbocycles. The number of nitrogens with zero attached hydrogens (tertiary/aromatic N) is 4. The molecule has 0 amide bonds. The van der Waals surface area contributed by atoms with Gasteiger partial charge >= 0.3 is 0 Å². The van der Waals surface area contributed by atoms with Gasteiger partial charge in [0, 0.05) is 57.4 Å². The molecule has 0 radical (unpaired) electrons. The van der Waals surface area contributed by atoms with E-state index in [4.69, 9.17) is 5.10 Å². The first kappa shape index (κ1) is 12.0. The molecule has 1 unspecified atom stereocenters. The summed E-state index contributed by atoms with van der Waals surface area (Å²) < 4.78 is 2.08. The number of anilines is 1. The molecule has 2 aliphatic rings. The maximum absolute atomic E-state index is 4.70. The molecule has 3 rings (SSSR count). The summed E-state index contributed by atoms with van der Waals surface area (Å²) in [6.45, 7) is 6.65. The van der Waals surface area contributed by atoms with Crippen LogP contribution in [0.2, 0.25) is 0 Å². The molecular weight excluding hydrogens is 226 g/mol. The zero-order chi connectivity index (χ0) is 12.5. The lowest BCUT2D eigenvalue weighted by Crippen LogP contribution is -2.43. The average Bonchev–Trinajstić information content (AvgIpc) is 2.97. The highest BCUT2D eigenvalue weighted by molar-refractivity contribution is 5.41. The van der Waals surface area contributed by atoms with E-state index in [0.717, 1.165) is 32.0 Å². The van der Waals surface area contributed by atoms with Gasteiger partial charge in [0.05, 0.1) is 0 Å². The lowest BCUT2D eigenvalue weighted by atomic mass is 10.1. The SMILES string of the molecule is CN1CCC(c2cc(N3CCNCC3)nn2C)C1. The van der Waals surface area contributed by atoms with E-state index in [1.54, 1.807) is 0 Å². The van der Waals surface area contributed by atoms with E-state index in [1.165, 1.54) is 25.2 Å². The van der Waals surface area contributed by atoms with Crippen LogP contribution in [-0.4, -0.2) is 61.0 Å². The van der Waals surface area contributed by atoms with Crippen LogP contribution in [0.5, 0.6) is 0 Å². The Hall–Kier alpha value is -1.07. The first-order chi connectivity index (χ1) is 8.74. The average molecular weight is 249 g/mol. The topological polar surface area (TPSA) is 36.3 Å². The zero-order valence-electron chi connectivity index (χ0n) is 11.4.